The molecule has 5 nitrogen and oxygen atoms in total. The molecule has 1 fully saturated rings. The van der Waals surface area contributed by atoms with E-state index in [1.807, 2.05) is 29.2 Å². The van der Waals surface area contributed by atoms with E-state index in [9.17, 15) is 9.59 Å². The molecule has 118 valence electrons. The number of hydrogen-bond donors (Lipinski definition) is 0. The summed E-state index contributed by atoms with van der Waals surface area (Å²) < 4.78 is 5.24. The summed E-state index contributed by atoms with van der Waals surface area (Å²) >= 11 is 1.77. The number of morpholine rings is 1. The Morgan fingerprint density at radius 3 is 2.59 bits per heavy atom. The van der Waals surface area contributed by atoms with Crippen molar-refractivity contribution in [3.63, 3.8) is 0 Å². The Hall–Kier alpha value is -1.53. The maximum atomic E-state index is 12.5. The lowest BCUT2D eigenvalue weighted by atomic mass is 10.2. The van der Waals surface area contributed by atoms with Crippen molar-refractivity contribution in [1.82, 2.24) is 4.90 Å². The van der Waals surface area contributed by atoms with Crippen molar-refractivity contribution in [3.8, 4) is 0 Å². The zero-order chi connectivity index (χ0) is 15.4. The van der Waals surface area contributed by atoms with Crippen molar-refractivity contribution >= 4 is 29.3 Å². The van der Waals surface area contributed by atoms with Crippen LogP contribution in [-0.2, 0) is 14.3 Å². The van der Waals surface area contributed by atoms with Crippen LogP contribution in [0.4, 0.5) is 5.69 Å². The maximum Gasteiger partial charge on any atom is 0.227 e. The second-order valence-corrected chi connectivity index (χ2v) is 6.49. The molecule has 2 heterocycles. The third-order valence-electron chi connectivity index (χ3n) is 3.95. The molecule has 0 unspecified atom stereocenters. The van der Waals surface area contributed by atoms with E-state index in [1.165, 1.54) is 0 Å². The highest BCUT2D eigenvalue weighted by atomic mass is 32.2. The monoisotopic (exact) mass is 320 g/mol. The highest BCUT2D eigenvalue weighted by Crippen LogP contribution is 2.34. The Morgan fingerprint density at radius 1 is 1.05 bits per heavy atom. The minimum absolute atomic E-state index is 0.0364. The summed E-state index contributed by atoms with van der Waals surface area (Å²) in [5.41, 5.74) is 0.975. The maximum absolute atomic E-state index is 12.5. The lowest BCUT2D eigenvalue weighted by molar-refractivity contribution is -0.136. The largest absolute Gasteiger partial charge is 0.378 e. The normalized spacial score (nSPS) is 18.0. The predicted octanol–water partition coefficient (Wildman–Crippen LogP) is 1.76. The number of fused-ring (bicyclic) bond motifs is 1. The molecule has 0 aromatic heterocycles. The van der Waals surface area contributed by atoms with Crippen LogP contribution in [-0.4, -0.2) is 55.3 Å². The van der Waals surface area contributed by atoms with Crippen LogP contribution in [0.3, 0.4) is 0 Å². The lowest BCUT2D eigenvalue weighted by Gasteiger charge is -2.30. The number of rotatable bonds is 3. The van der Waals surface area contributed by atoms with Gasteiger partial charge in [-0.25, -0.2) is 0 Å². The molecular weight excluding hydrogens is 300 g/mol. The number of amides is 2. The van der Waals surface area contributed by atoms with Gasteiger partial charge in [-0.2, -0.15) is 0 Å². The van der Waals surface area contributed by atoms with Crippen LogP contribution in [0.15, 0.2) is 29.2 Å². The van der Waals surface area contributed by atoms with Gasteiger partial charge < -0.3 is 14.5 Å². The molecule has 2 amide bonds. The summed E-state index contributed by atoms with van der Waals surface area (Å²) in [5.74, 6) is 0.992. The number of ether oxygens (including phenoxy) is 1. The van der Waals surface area contributed by atoms with Crippen molar-refractivity contribution in [2.45, 2.75) is 17.7 Å². The van der Waals surface area contributed by atoms with Crippen LogP contribution in [0.2, 0.25) is 0 Å². The zero-order valence-electron chi connectivity index (χ0n) is 12.5. The van der Waals surface area contributed by atoms with Gasteiger partial charge >= 0.3 is 0 Å². The Bertz CT molecular complexity index is 558. The van der Waals surface area contributed by atoms with E-state index in [0.29, 0.717) is 32.8 Å². The Morgan fingerprint density at radius 2 is 1.77 bits per heavy atom. The number of hydrogen-bond acceptors (Lipinski definition) is 4. The van der Waals surface area contributed by atoms with E-state index in [-0.39, 0.29) is 24.7 Å². The van der Waals surface area contributed by atoms with Crippen molar-refractivity contribution in [2.75, 3.05) is 43.5 Å². The standard InChI is InChI=1S/C16H20N2O3S/c19-15(17-7-10-21-11-8-17)5-6-16(20)18-9-12-22-14-4-2-1-3-13(14)18/h1-4H,5-12H2. The Kier molecular flexibility index (Phi) is 5.00. The predicted molar refractivity (Wildman–Crippen MR) is 86.2 cm³/mol. The average Bonchev–Trinajstić information content (AvgIpc) is 2.59. The van der Waals surface area contributed by atoms with Gasteiger partial charge in [0.15, 0.2) is 0 Å². The summed E-state index contributed by atoms with van der Waals surface area (Å²) in [6, 6.07) is 7.95. The van der Waals surface area contributed by atoms with Gasteiger partial charge in [0.1, 0.15) is 0 Å². The molecule has 0 bridgehead atoms. The van der Waals surface area contributed by atoms with Crippen molar-refractivity contribution in [2.24, 2.45) is 0 Å². The molecule has 22 heavy (non-hydrogen) atoms. The van der Waals surface area contributed by atoms with Crippen LogP contribution in [0, 0.1) is 0 Å². The molecule has 1 aromatic carbocycles. The summed E-state index contributed by atoms with van der Waals surface area (Å²) in [7, 11) is 0. The molecule has 0 atom stereocenters. The topological polar surface area (TPSA) is 49.9 Å². The smallest absolute Gasteiger partial charge is 0.227 e. The number of nitrogens with zero attached hydrogens (tertiary/aromatic N) is 2. The Balaban J connectivity index is 1.57. The van der Waals surface area contributed by atoms with Crippen LogP contribution in [0.5, 0.6) is 0 Å². The zero-order valence-corrected chi connectivity index (χ0v) is 13.3. The molecule has 1 aromatic rings. The third kappa shape index (κ3) is 3.44. The molecule has 6 heteroatoms. The SMILES string of the molecule is O=C(CCC(=O)N1CCSc2ccccc21)N1CCOCC1. The van der Waals surface area contributed by atoms with Crippen LogP contribution in [0.25, 0.3) is 0 Å². The van der Waals surface area contributed by atoms with E-state index < -0.39 is 0 Å². The minimum atomic E-state index is 0.0364. The van der Waals surface area contributed by atoms with Crippen molar-refractivity contribution < 1.29 is 14.3 Å². The fourth-order valence-electron chi connectivity index (χ4n) is 2.75. The van der Waals surface area contributed by atoms with Gasteiger partial charge in [-0.1, -0.05) is 12.1 Å². The molecule has 2 aliphatic heterocycles. The first-order valence-electron chi connectivity index (χ1n) is 7.63. The summed E-state index contributed by atoms with van der Waals surface area (Å²) in [4.78, 5) is 29.3. The summed E-state index contributed by atoms with van der Waals surface area (Å²) in [5, 5.41) is 0. The minimum Gasteiger partial charge on any atom is -0.378 e. The second kappa shape index (κ2) is 7.15. The van der Waals surface area contributed by atoms with E-state index in [2.05, 4.69) is 0 Å². The van der Waals surface area contributed by atoms with Gasteiger partial charge in [0.05, 0.1) is 18.9 Å². The number of anilines is 1. The molecule has 0 spiro atoms. The van der Waals surface area contributed by atoms with Gasteiger partial charge in [-0.15, -0.1) is 11.8 Å². The van der Waals surface area contributed by atoms with Crippen molar-refractivity contribution in [1.29, 1.82) is 0 Å². The van der Waals surface area contributed by atoms with Gasteiger partial charge in [0.2, 0.25) is 11.8 Å². The van der Waals surface area contributed by atoms with Crippen molar-refractivity contribution in [3.05, 3.63) is 24.3 Å². The second-order valence-electron chi connectivity index (χ2n) is 5.35. The fraction of sp³-hybridized carbons (Fsp3) is 0.500. The van der Waals surface area contributed by atoms with Crippen LogP contribution >= 0.6 is 11.8 Å². The first-order valence-corrected chi connectivity index (χ1v) is 8.62. The van der Waals surface area contributed by atoms with Crippen LogP contribution in [0.1, 0.15) is 12.8 Å². The molecule has 1 saturated heterocycles. The number of thioether (sulfide) groups is 1. The fourth-order valence-corrected chi connectivity index (χ4v) is 3.74. The molecular formula is C16H20N2O3S. The van der Waals surface area contributed by atoms with Crippen LogP contribution < -0.4 is 4.90 Å². The third-order valence-corrected chi connectivity index (χ3v) is 4.99. The first-order chi connectivity index (χ1) is 10.8. The Labute approximate surface area is 134 Å². The van der Waals surface area contributed by atoms with E-state index >= 15 is 0 Å². The summed E-state index contributed by atoms with van der Waals surface area (Å²) in [6.07, 6.45) is 0.555. The molecule has 3 rings (SSSR count). The highest BCUT2D eigenvalue weighted by Gasteiger charge is 2.24. The first kappa shape index (κ1) is 15.4. The van der Waals surface area contributed by atoms with Gasteiger partial charge in [0, 0.05) is 43.1 Å². The summed E-state index contributed by atoms with van der Waals surface area (Å²) in [6.45, 7) is 3.17. The average molecular weight is 320 g/mol. The van der Waals surface area contributed by atoms with E-state index in [4.69, 9.17) is 4.74 Å². The molecule has 0 radical (unpaired) electrons. The molecule has 0 N–H and O–H groups in total. The number of benzene rings is 1. The molecule has 2 aliphatic rings. The quantitative estimate of drug-likeness (QED) is 0.851. The number of carbonyl (C=O) groups is 2. The van der Waals surface area contributed by atoms with E-state index in [0.717, 1.165) is 16.3 Å². The number of para-hydroxylation sites is 1. The van der Waals surface area contributed by atoms with Gasteiger partial charge in [-0.3, -0.25) is 9.59 Å². The molecule has 0 aliphatic carbocycles. The highest BCUT2D eigenvalue weighted by molar-refractivity contribution is 7.99. The lowest BCUT2D eigenvalue weighted by Crippen LogP contribution is -2.41. The van der Waals surface area contributed by atoms with E-state index in [1.54, 1.807) is 16.7 Å². The van der Waals surface area contributed by atoms with Gasteiger partial charge in [-0.05, 0) is 12.1 Å². The number of carbonyl (C=O) groups excluding carboxylic acids is 2. The molecule has 0 saturated carbocycles. The van der Waals surface area contributed by atoms with Gasteiger partial charge in [0.25, 0.3) is 0 Å².